The Hall–Kier alpha value is -3.55. The van der Waals surface area contributed by atoms with Crippen molar-refractivity contribution in [3.8, 4) is 5.75 Å². The molecule has 0 bridgehead atoms. The van der Waals surface area contributed by atoms with Crippen molar-refractivity contribution in [2.24, 2.45) is 30.7 Å². The molecule has 0 spiro atoms. The number of hydrogen-bond acceptors (Lipinski definition) is 16. The second-order valence-corrected chi connectivity index (χ2v) is 16.0. The molecule has 0 aliphatic rings. The molecule has 0 fully saturated rings. The van der Waals surface area contributed by atoms with Crippen LogP contribution >= 0.6 is 0 Å². The number of phenols is 1. The second kappa shape index (κ2) is 19.0. The van der Waals surface area contributed by atoms with Crippen LogP contribution in [0.25, 0.3) is 32.3 Å². The number of phenolic OH excluding ortho intramolecular Hbond substituents is 1. The molecule has 23 heteroatoms. The van der Waals surface area contributed by atoms with E-state index in [2.05, 4.69) is 36.8 Å². The molecule has 0 unspecified atom stereocenters. The number of aromatic hydroxyl groups is 1. The summed E-state index contributed by atoms with van der Waals surface area (Å²) in [5, 5.41) is 37.5. The van der Waals surface area contributed by atoms with Crippen LogP contribution in [-0.4, -0.2) is 44.0 Å². The van der Waals surface area contributed by atoms with E-state index in [0.29, 0.717) is 22.1 Å². The van der Waals surface area contributed by atoms with Crippen LogP contribution in [0.1, 0.15) is 0 Å². The normalized spacial score (nSPS) is 12.3. The molecule has 7 aromatic rings. The van der Waals surface area contributed by atoms with Gasteiger partial charge in [-0.1, -0.05) is 30.3 Å². The monoisotopic (exact) mass is 877 g/mol. The number of nitrogens with zero attached hydrogens (tertiary/aromatic N) is 6. The zero-order valence-corrected chi connectivity index (χ0v) is 39.5. The first-order valence-electron chi connectivity index (χ1n) is 15.8. The summed E-state index contributed by atoms with van der Waals surface area (Å²) in [5.74, 6) is -0.681. The van der Waals surface area contributed by atoms with Crippen LogP contribution < -0.4 is 94.4 Å². The van der Waals surface area contributed by atoms with Gasteiger partial charge in [-0.3, -0.25) is 4.55 Å². The summed E-state index contributed by atoms with van der Waals surface area (Å²) in [6.45, 7) is 0. The van der Waals surface area contributed by atoms with Crippen molar-refractivity contribution >= 4 is 102 Å². The first-order chi connectivity index (χ1) is 26.5. The van der Waals surface area contributed by atoms with Crippen LogP contribution in [-0.2, 0) is 30.4 Å². The molecular weight excluding hydrogens is 856 g/mol. The molecule has 0 saturated carbocycles. The van der Waals surface area contributed by atoms with Crippen LogP contribution in [0.2, 0.25) is 0 Å². The number of hydrogen-bond donors (Lipinski definition) is 3. The summed E-state index contributed by atoms with van der Waals surface area (Å²) in [6.07, 6.45) is 0. The van der Waals surface area contributed by atoms with Crippen molar-refractivity contribution < 1.29 is 133 Å². The first-order valence-corrected chi connectivity index (χ1v) is 20.0. The first kappa shape index (κ1) is 48.1. The van der Waals surface area contributed by atoms with Crippen molar-refractivity contribution in [3.05, 3.63) is 115 Å². The minimum absolute atomic E-state index is 0. The molecular formula is C36H22N7Na3O10S3. The van der Waals surface area contributed by atoms with E-state index in [0.717, 1.165) is 18.2 Å². The van der Waals surface area contributed by atoms with E-state index in [1.54, 1.807) is 36.4 Å². The molecule has 0 heterocycles. The number of nitrogens with two attached hydrogens (primary N) is 1. The quantitative estimate of drug-likeness (QED) is 0.0549. The molecule has 0 atom stereocenters. The minimum Gasteiger partial charge on any atom is -0.744 e. The van der Waals surface area contributed by atoms with Gasteiger partial charge in [-0.05, 0) is 71.7 Å². The SMILES string of the molecule is Nc1ccc2c(O)c(N=Nc3ccc(N=Nc4ccc(N=Nc5ccc[c-]c5S(=O)(=O)O)c5ccccc45)c4ccc(S(=O)(=O)[O-])cc34)c(S(=O)(=O)[O-])cc2c1.[Na+].[Na+].[Na+]. The van der Waals surface area contributed by atoms with E-state index < -0.39 is 56.5 Å². The fraction of sp³-hybridized carbons (Fsp3) is 0. The van der Waals surface area contributed by atoms with E-state index in [1.807, 2.05) is 0 Å². The molecule has 7 rings (SSSR count). The van der Waals surface area contributed by atoms with Gasteiger partial charge < -0.3 is 19.9 Å². The molecule has 4 N–H and O–H groups in total. The maximum Gasteiger partial charge on any atom is 1.00 e. The van der Waals surface area contributed by atoms with Gasteiger partial charge in [0.25, 0.3) is 10.1 Å². The number of nitrogen functional groups attached to an aromatic ring is 1. The molecule has 0 radical (unpaired) electrons. The predicted molar refractivity (Wildman–Crippen MR) is 201 cm³/mol. The Labute approximate surface area is 402 Å². The topological polar surface area (TPSA) is 289 Å². The summed E-state index contributed by atoms with van der Waals surface area (Å²) >= 11 is 0. The summed E-state index contributed by atoms with van der Waals surface area (Å²) in [7, 11) is -14.8. The van der Waals surface area contributed by atoms with Gasteiger partial charge in [0.05, 0.1) is 32.5 Å². The average Bonchev–Trinajstić information content (AvgIpc) is 3.15. The summed E-state index contributed by atoms with van der Waals surface area (Å²) in [6, 6.07) is 27.9. The standard InChI is InChI=1S/C36H24N7O10S3.3Na/c37-21-9-11-23-20(17-21)18-34(56(51,52)53)35(36(23)44)43-41-31-16-15-30(26-12-10-22(19-27(26)31)54(45,46)47)39-38-28-13-14-29(25-6-2-1-5-24(25)28)40-42-32-7-3-4-8-33(32)55(48,49)50;;;/h1-7,9-19,44H,37H2,(H,45,46,47)(H,48,49,50)(H,51,52,53);;;/q-1;3*+1/p-2. The molecule has 282 valence electrons. The molecule has 0 amide bonds. The smallest absolute Gasteiger partial charge is 0.744 e. The number of benzene rings is 7. The van der Waals surface area contributed by atoms with Crippen molar-refractivity contribution in [1.82, 2.24) is 0 Å². The van der Waals surface area contributed by atoms with Crippen LogP contribution in [0, 0.1) is 6.07 Å². The van der Waals surface area contributed by atoms with Crippen molar-refractivity contribution in [3.63, 3.8) is 0 Å². The van der Waals surface area contributed by atoms with Gasteiger partial charge in [-0.15, -0.1) is 26.5 Å². The van der Waals surface area contributed by atoms with E-state index >= 15 is 0 Å². The van der Waals surface area contributed by atoms with Crippen LogP contribution in [0.4, 0.5) is 39.8 Å². The predicted octanol–water partition coefficient (Wildman–Crippen LogP) is -0.453. The Morgan fingerprint density at radius 2 is 1.05 bits per heavy atom. The molecule has 17 nitrogen and oxygen atoms in total. The van der Waals surface area contributed by atoms with Gasteiger partial charge in [0.2, 0.25) is 0 Å². The number of fused-ring (bicyclic) bond motifs is 3. The Morgan fingerprint density at radius 3 is 1.59 bits per heavy atom. The van der Waals surface area contributed by atoms with Gasteiger partial charge in [0.15, 0.2) is 5.75 Å². The number of anilines is 1. The van der Waals surface area contributed by atoms with Crippen molar-refractivity contribution in [2.75, 3.05) is 5.73 Å². The van der Waals surface area contributed by atoms with Gasteiger partial charge >= 0.3 is 88.7 Å². The number of azo groups is 3. The molecule has 0 aliphatic heterocycles. The Balaban J connectivity index is 0.00000256. The van der Waals surface area contributed by atoms with Gasteiger partial charge in [0, 0.05) is 37.5 Å². The van der Waals surface area contributed by atoms with E-state index in [-0.39, 0.29) is 133 Å². The summed E-state index contributed by atoms with van der Waals surface area (Å²) in [4.78, 5) is -2.07. The molecule has 0 aromatic heterocycles. The maximum atomic E-state index is 12.2. The number of rotatable bonds is 9. The summed E-state index contributed by atoms with van der Waals surface area (Å²) < 4.78 is 106. The zero-order valence-electron chi connectivity index (χ0n) is 31.0. The van der Waals surface area contributed by atoms with Crippen LogP contribution in [0.3, 0.4) is 0 Å². The molecule has 59 heavy (non-hydrogen) atoms. The fourth-order valence-corrected chi connectivity index (χ4v) is 7.47. The Kier molecular flexibility index (Phi) is 15.5. The van der Waals surface area contributed by atoms with Crippen molar-refractivity contribution in [1.29, 1.82) is 0 Å². The zero-order chi connectivity index (χ0) is 40.0. The van der Waals surface area contributed by atoms with Gasteiger partial charge in [-0.2, -0.15) is 31.7 Å². The molecule has 7 aromatic carbocycles. The largest absolute Gasteiger partial charge is 1.00 e. The maximum absolute atomic E-state index is 12.2. The minimum atomic E-state index is -5.21. The summed E-state index contributed by atoms with van der Waals surface area (Å²) in [5.41, 5.74) is 5.95. The van der Waals surface area contributed by atoms with E-state index in [4.69, 9.17) is 5.73 Å². The average molecular weight is 878 g/mol. The second-order valence-electron chi connectivity index (χ2n) is 11.9. The van der Waals surface area contributed by atoms with Crippen molar-refractivity contribution in [2.45, 2.75) is 14.7 Å². The van der Waals surface area contributed by atoms with Gasteiger partial charge in [-0.25, -0.2) is 21.9 Å². The van der Waals surface area contributed by atoms with E-state index in [9.17, 15) is 44.0 Å². The molecule has 0 saturated heterocycles. The molecule has 0 aliphatic carbocycles. The third kappa shape index (κ3) is 10.5. The van der Waals surface area contributed by atoms with Gasteiger partial charge in [0.1, 0.15) is 25.9 Å². The Morgan fingerprint density at radius 1 is 0.542 bits per heavy atom. The fourth-order valence-electron chi connectivity index (χ4n) is 5.74. The third-order valence-corrected chi connectivity index (χ3v) is 10.8. The third-order valence-electron chi connectivity index (χ3n) is 8.30. The van der Waals surface area contributed by atoms with Crippen LogP contribution in [0.15, 0.2) is 155 Å². The Bertz CT molecular complexity index is 3230. The van der Waals surface area contributed by atoms with E-state index in [1.165, 1.54) is 54.6 Å². The van der Waals surface area contributed by atoms with Crippen LogP contribution in [0.5, 0.6) is 5.75 Å².